The summed E-state index contributed by atoms with van der Waals surface area (Å²) in [5.74, 6) is 1.07. The molecular formula is C21H21N3O3. The van der Waals surface area contributed by atoms with E-state index in [1.165, 1.54) is 6.21 Å². The molecule has 0 aliphatic rings. The van der Waals surface area contributed by atoms with Crippen LogP contribution in [0, 0.1) is 0 Å². The maximum absolute atomic E-state index is 12.0. The molecule has 0 saturated carbocycles. The Morgan fingerprint density at radius 2 is 1.81 bits per heavy atom. The van der Waals surface area contributed by atoms with Crippen LogP contribution in [0.1, 0.15) is 5.56 Å². The molecule has 0 atom stereocenters. The topological polar surface area (TPSA) is 72.0 Å². The van der Waals surface area contributed by atoms with E-state index in [1.807, 2.05) is 42.5 Å². The fraction of sp³-hybridized carbons (Fsp3) is 0.143. The highest BCUT2D eigenvalue weighted by molar-refractivity contribution is 5.88. The average Bonchev–Trinajstić information content (AvgIpc) is 2.72. The number of amides is 1. The highest BCUT2D eigenvalue weighted by Crippen LogP contribution is 2.22. The largest absolute Gasteiger partial charge is 0.497 e. The molecular weight excluding hydrogens is 342 g/mol. The molecule has 6 nitrogen and oxygen atoms in total. The molecule has 0 fully saturated rings. The van der Waals surface area contributed by atoms with Gasteiger partial charge >= 0.3 is 0 Å². The summed E-state index contributed by atoms with van der Waals surface area (Å²) in [7, 11) is 3.16. The van der Waals surface area contributed by atoms with Crippen LogP contribution in [0.5, 0.6) is 11.5 Å². The van der Waals surface area contributed by atoms with E-state index in [1.54, 1.807) is 32.4 Å². The van der Waals surface area contributed by atoms with Crippen LogP contribution in [0.15, 0.2) is 65.8 Å². The van der Waals surface area contributed by atoms with Crippen LogP contribution in [0.2, 0.25) is 0 Å². The molecule has 3 aromatic carbocycles. The fourth-order valence-electron chi connectivity index (χ4n) is 2.64. The van der Waals surface area contributed by atoms with Crippen LogP contribution in [-0.4, -0.2) is 32.9 Å². The second kappa shape index (κ2) is 8.71. The molecule has 6 heteroatoms. The van der Waals surface area contributed by atoms with Gasteiger partial charge in [-0.2, -0.15) is 5.10 Å². The molecule has 1 amide bonds. The van der Waals surface area contributed by atoms with Crippen LogP contribution in [-0.2, 0) is 4.79 Å². The Labute approximate surface area is 157 Å². The lowest BCUT2D eigenvalue weighted by atomic mass is 10.1. The van der Waals surface area contributed by atoms with Gasteiger partial charge in [-0.15, -0.1) is 0 Å². The first kappa shape index (κ1) is 18.3. The van der Waals surface area contributed by atoms with E-state index in [2.05, 4.69) is 15.8 Å². The van der Waals surface area contributed by atoms with Gasteiger partial charge in [0.15, 0.2) is 0 Å². The predicted molar refractivity (Wildman–Crippen MR) is 108 cm³/mol. The molecule has 0 heterocycles. The molecule has 0 unspecified atom stereocenters. The highest BCUT2D eigenvalue weighted by atomic mass is 16.5. The quantitative estimate of drug-likeness (QED) is 0.498. The minimum absolute atomic E-state index is 0.116. The first-order chi connectivity index (χ1) is 13.2. The summed E-state index contributed by atoms with van der Waals surface area (Å²) in [4.78, 5) is 12.0. The maximum Gasteiger partial charge on any atom is 0.259 e. The van der Waals surface area contributed by atoms with Crippen molar-refractivity contribution in [3.05, 3.63) is 66.2 Å². The van der Waals surface area contributed by atoms with Gasteiger partial charge in [0.05, 0.1) is 27.0 Å². The summed E-state index contributed by atoms with van der Waals surface area (Å²) in [6.45, 7) is 0.116. The molecule has 0 aromatic heterocycles. The number of rotatable bonds is 7. The van der Waals surface area contributed by atoms with Crippen molar-refractivity contribution in [1.29, 1.82) is 0 Å². The fourth-order valence-corrected chi connectivity index (χ4v) is 2.64. The second-order valence-electron chi connectivity index (χ2n) is 5.82. The van der Waals surface area contributed by atoms with Gasteiger partial charge in [0.25, 0.3) is 5.91 Å². The van der Waals surface area contributed by atoms with E-state index in [0.717, 1.165) is 16.5 Å². The zero-order valence-corrected chi connectivity index (χ0v) is 15.2. The molecule has 0 spiro atoms. The highest BCUT2D eigenvalue weighted by Gasteiger charge is 2.04. The third kappa shape index (κ3) is 4.76. The molecule has 0 aliphatic heterocycles. The van der Waals surface area contributed by atoms with Gasteiger partial charge in [-0.25, -0.2) is 5.43 Å². The normalized spacial score (nSPS) is 10.7. The number of anilines is 1. The van der Waals surface area contributed by atoms with Crippen LogP contribution < -0.4 is 20.2 Å². The summed E-state index contributed by atoms with van der Waals surface area (Å²) in [5, 5.41) is 9.36. The number of carbonyl (C=O) groups is 1. The number of fused-ring (bicyclic) bond motifs is 1. The lowest BCUT2D eigenvalue weighted by Gasteiger charge is -2.08. The summed E-state index contributed by atoms with van der Waals surface area (Å²) in [6, 6.07) is 19.4. The van der Waals surface area contributed by atoms with E-state index >= 15 is 0 Å². The number of hydrazone groups is 1. The Hall–Kier alpha value is -3.54. The number of hydrogen-bond donors (Lipinski definition) is 2. The Bertz CT molecular complexity index is 970. The van der Waals surface area contributed by atoms with Crippen molar-refractivity contribution in [3.63, 3.8) is 0 Å². The van der Waals surface area contributed by atoms with Gasteiger partial charge in [0.1, 0.15) is 11.5 Å². The summed E-state index contributed by atoms with van der Waals surface area (Å²) < 4.78 is 10.5. The van der Waals surface area contributed by atoms with E-state index in [0.29, 0.717) is 17.1 Å². The Morgan fingerprint density at radius 3 is 2.59 bits per heavy atom. The van der Waals surface area contributed by atoms with Crippen LogP contribution >= 0.6 is 0 Å². The SMILES string of the molecule is COc1ccc(OC)c(C=NNC(=O)CNc2ccc3ccccc3c2)c1. The molecule has 0 radical (unpaired) electrons. The van der Waals surface area contributed by atoms with Crippen molar-refractivity contribution < 1.29 is 14.3 Å². The maximum atomic E-state index is 12.0. The van der Waals surface area contributed by atoms with E-state index < -0.39 is 0 Å². The summed E-state index contributed by atoms with van der Waals surface area (Å²) in [6.07, 6.45) is 1.52. The Morgan fingerprint density at radius 1 is 1.00 bits per heavy atom. The summed E-state index contributed by atoms with van der Waals surface area (Å²) >= 11 is 0. The lowest BCUT2D eigenvalue weighted by molar-refractivity contribution is -0.119. The number of carbonyl (C=O) groups excluding carboxylic acids is 1. The van der Waals surface area contributed by atoms with Gasteiger partial charge in [-0.1, -0.05) is 30.3 Å². The summed E-state index contributed by atoms with van der Waals surface area (Å²) in [5.41, 5.74) is 4.08. The molecule has 0 aliphatic carbocycles. The number of nitrogens with one attached hydrogen (secondary N) is 2. The molecule has 27 heavy (non-hydrogen) atoms. The smallest absolute Gasteiger partial charge is 0.259 e. The first-order valence-electron chi connectivity index (χ1n) is 8.46. The monoisotopic (exact) mass is 363 g/mol. The van der Waals surface area contributed by atoms with Crippen molar-refractivity contribution in [2.75, 3.05) is 26.1 Å². The third-order valence-electron chi connectivity index (χ3n) is 4.03. The number of nitrogens with zero attached hydrogens (tertiary/aromatic N) is 1. The van der Waals surface area contributed by atoms with E-state index in [9.17, 15) is 4.79 Å². The first-order valence-corrected chi connectivity index (χ1v) is 8.46. The molecule has 138 valence electrons. The number of methoxy groups -OCH3 is 2. The van der Waals surface area contributed by atoms with Crippen molar-refractivity contribution in [2.24, 2.45) is 5.10 Å². The van der Waals surface area contributed by atoms with E-state index in [-0.39, 0.29) is 12.5 Å². The lowest BCUT2D eigenvalue weighted by Crippen LogP contribution is -2.25. The van der Waals surface area contributed by atoms with Gasteiger partial charge in [0.2, 0.25) is 0 Å². The van der Waals surface area contributed by atoms with Crippen LogP contribution in [0.3, 0.4) is 0 Å². The van der Waals surface area contributed by atoms with Crippen LogP contribution in [0.25, 0.3) is 10.8 Å². The van der Waals surface area contributed by atoms with Gasteiger partial charge in [-0.3, -0.25) is 4.79 Å². The molecule has 2 N–H and O–H groups in total. The van der Waals surface area contributed by atoms with E-state index in [4.69, 9.17) is 9.47 Å². The second-order valence-corrected chi connectivity index (χ2v) is 5.82. The Balaban J connectivity index is 1.57. The number of benzene rings is 3. The van der Waals surface area contributed by atoms with Gasteiger partial charge in [0, 0.05) is 11.3 Å². The Kier molecular flexibility index (Phi) is 5.89. The van der Waals surface area contributed by atoms with Gasteiger partial charge < -0.3 is 14.8 Å². The van der Waals surface area contributed by atoms with Gasteiger partial charge in [-0.05, 0) is 41.1 Å². The minimum atomic E-state index is -0.249. The zero-order chi connectivity index (χ0) is 19.1. The van der Waals surface area contributed by atoms with Crippen molar-refractivity contribution in [3.8, 4) is 11.5 Å². The van der Waals surface area contributed by atoms with Crippen LogP contribution in [0.4, 0.5) is 5.69 Å². The molecule has 3 rings (SSSR count). The molecule has 0 saturated heterocycles. The minimum Gasteiger partial charge on any atom is -0.497 e. The molecule has 3 aromatic rings. The average molecular weight is 363 g/mol. The molecule has 0 bridgehead atoms. The number of hydrogen-bond acceptors (Lipinski definition) is 5. The van der Waals surface area contributed by atoms with Crippen molar-refractivity contribution >= 4 is 28.6 Å². The van der Waals surface area contributed by atoms with Crippen molar-refractivity contribution in [1.82, 2.24) is 5.43 Å². The standard InChI is InChI=1S/C21H21N3O3/c1-26-19-9-10-20(27-2)17(12-19)13-23-24-21(25)14-22-18-8-7-15-5-3-4-6-16(15)11-18/h3-13,22H,14H2,1-2H3,(H,24,25). The number of ether oxygens (including phenoxy) is 2. The third-order valence-corrected chi connectivity index (χ3v) is 4.03. The zero-order valence-electron chi connectivity index (χ0n) is 15.2. The predicted octanol–water partition coefficient (Wildman–Crippen LogP) is 3.42. The van der Waals surface area contributed by atoms with Crippen molar-refractivity contribution in [2.45, 2.75) is 0 Å².